The van der Waals surface area contributed by atoms with Crippen LogP contribution in [0.25, 0.3) is 0 Å². The summed E-state index contributed by atoms with van der Waals surface area (Å²) in [4.78, 5) is 0. The van der Waals surface area contributed by atoms with Crippen molar-refractivity contribution in [2.75, 3.05) is 19.8 Å². The average Bonchev–Trinajstić information content (AvgIpc) is 2.75. The van der Waals surface area contributed by atoms with E-state index in [9.17, 15) is 14.0 Å². The topological polar surface area (TPSA) is 45.0 Å². The van der Waals surface area contributed by atoms with Gasteiger partial charge in [0.2, 0.25) is 0 Å². The lowest BCUT2D eigenvalue weighted by Gasteiger charge is -2.30. The van der Waals surface area contributed by atoms with Gasteiger partial charge in [0.15, 0.2) is 0 Å². The van der Waals surface area contributed by atoms with Crippen molar-refractivity contribution in [3.05, 3.63) is 0 Å². The maximum absolute atomic E-state index is 11.9. The van der Waals surface area contributed by atoms with Crippen LogP contribution in [-0.4, -0.2) is 31.7 Å². The number of nitrogens with zero attached hydrogens (tertiary/aromatic N) is 1. The molecule has 104 valence electrons. The summed E-state index contributed by atoms with van der Waals surface area (Å²) in [5.74, 6) is 0.215. The zero-order valence-corrected chi connectivity index (χ0v) is 10.9. The van der Waals surface area contributed by atoms with Crippen LogP contribution in [0.15, 0.2) is 0 Å². The predicted molar refractivity (Wildman–Crippen MR) is 65.4 cm³/mol. The van der Waals surface area contributed by atoms with E-state index >= 15 is 0 Å². The first kappa shape index (κ1) is 15.3. The number of hydrogen-bond donors (Lipinski definition) is 1. The minimum absolute atomic E-state index is 0.215. The Labute approximate surface area is 107 Å². The Hall–Kier alpha value is -0.730. The number of ether oxygens (including phenoxy) is 1. The first-order valence-corrected chi connectivity index (χ1v) is 6.67. The quantitative estimate of drug-likeness (QED) is 0.682. The van der Waals surface area contributed by atoms with Crippen LogP contribution in [0.5, 0.6) is 0 Å². The van der Waals surface area contributed by atoms with Crippen molar-refractivity contribution in [2.45, 2.75) is 51.0 Å². The molecule has 0 amide bonds. The molecule has 0 radical (unpaired) electrons. The molecular formula is C13H22F2N2O. The first-order valence-electron chi connectivity index (χ1n) is 6.67. The van der Waals surface area contributed by atoms with E-state index in [1.54, 1.807) is 0 Å². The fourth-order valence-corrected chi connectivity index (χ4v) is 2.63. The van der Waals surface area contributed by atoms with Crippen molar-refractivity contribution < 1.29 is 13.5 Å². The molecule has 0 bridgehead atoms. The van der Waals surface area contributed by atoms with Gasteiger partial charge in [0, 0.05) is 6.61 Å². The lowest BCUT2D eigenvalue weighted by Crippen LogP contribution is -2.47. The van der Waals surface area contributed by atoms with E-state index in [1.807, 2.05) is 0 Å². The molecule has 18 heavy (non-hydrogen) atoms. The summed E-state index contributed by atoms with van der Waals surface area (Å²) in [5.41, 5.74) is -0.468. The van der Waals surface area contributed by atoms with Gasteiger partial charge in [-0.15, -0.1) is 0 Å². The van der Waals surface area contributed by atoms with Crippen molar-refractivity contribution >= 4 is 0 Å². The minimum Gasteiger partial charge on any atom is -0.376 e. The number of hydrogen-bond acceptors (Lipinski definition) is 3. The Morgan fingerprint density at radius 1 is 1.56 bits per heavy atom. The van der Waals surface area contributed by atoms with Crippen LogP contribution in [0.4, 0.5) is 8.78 Å². The highest BCUT2D eigenvalue weighted by Crippen LogP contribution is 2.37. The molecule has 2 atom stereocenters. The van der Waals surface area contributed by atoms with E-state index in [0.717, 1.165) is 32.2 Å². The van der Waals surface area contributed by atoms with Crippen LogP contribution in [0, 0.1) is 17.2 Å². The molecule has 1 N–H and O–H groups in total. The molecule has 3 nitrogen and oxygen atoms in total. The standard InChI is InChI=1S/C13H22F2N2O/c1-2-7-17-13(10-16)6-3-4-11(13)5-8-18-9-12(14)15/h11-12,17H,2-9H2,1H3. The lowest BCUT2D eigenvalue weighted by atomic mass is 9.86. The maximum atomic E-state index is 11.9. The fourth-order valence-electron chi connectivity index (χ4n) is 2.63. The largest absolute Gasteiger partial charge is 0.376 e. The Morgan fingerprint density at radius 2 is 2.33 bits per heavy atom. The number of nitrogens with one attached hydrogen (secondary N) is 1. The van der Waals surface area contributed by atoms with E-state index < -0.39 is 18.6 Å². The highest BCUT2D eigenvalue weighted by Gasteiger charge is 2.42. The van der Waals surface area contributed by atoms with Gasteiger partial charge in [-0.2, -0.15) is 5.26 Å². The van der Waals surface area contributed by atoms with Gasteiger partial charge in [0.1, 0.15) is 12.1 Å². The molecule has 0 aromatic heterocycles. The zero-order valence-electron chi connectivity index (χ0n) is 10.9. The fraction of sp³-hybridized carbons (Fsp3) is 0.923. The van der Waals surface area contributed by atoms with Crippen LogP contribution in [0.2, 0.25) is 0 Å². The summed E-state index contributed by atoms with van der Waals surface area (Å²) in [6, 6.07) is 2.40. The van der Waals surface area contributed by atoms with Gasteiger partial charge in [-0.05, 0) is 38.1 Å². The molecule has 5 heteroatoms. The minimum atomic E-state index is -2.41. The van der Waals surface area contributed by atoms with E-state index in [2.05, 4.69) is 18.3 Å². The van der Waals surface area contributed by atoms with E-state index in [1.165, 1.54) is 0 Å². The van der Waals surface area contributed by atoms with Gasteiger partial charge < -0.3 is 4.74 Å². The third-order valence-electron chi connectivity index (χ3n) is 3.57. The van der Waals surface area contributed by atoms with Crippen molar-refractivity contribution in [3.63, 3.8) is 0 Å². The highest BCUT2D eigenvalue weighted by molar-refractivity contribution is 5.13. The molecule has 0 aromatic rings. The van der Waals surface area contributed by atoms with Crippen LogP contribution in [0.3, 0.4) is 0 Å². The molecular weight excluding hydrogens is 238 g/mol. The Bertz CT molecular complexity index is 281. The normalized spacial score (nSPS) is 27.6. The van der Waals surface area contributed by atoms with Gasteiger partial charge in [-0.3, -0.25) is 5.32 Å². The number of nitriles is 1. The summed E-state index contributed by atoms with van der Waals surface area (Å²) in [6.07, 6.45) is 2.09. The Kier molecular flexibility index (Phi) is 6.51. The molecule has 1 aliphatic rings. The van der Waals surface area contributed by atoms with Crippen LogP contribution in [-0.2, 0) is 4.74 Å². The first-order chi connectivity index (χ1) is 8.64. The smallest absolute Gasteiger partial charge is 0.261 e. The predicted octanol–water partition coefficient (Wildman–Crippen LogP) is 2.72. The molecule has 1 fully saturated rings. The summed E-state index contributed by atoms with van der Waals surface area (Å²) < 4.78 is 28.8. The average molecular weight is 260 g/mol. The highest BCUT2D eigenvalue weighted by atomic mass is 19.3. The van der Waals surface area contributed by atoms with E-state index in [4.69, 9.17) is 4.74 Å². The van der Waals surface area contributed by atoms with Crippen molar-refractivity contribution in [2.24, 2.45) is 5.92 Å². The van der Waals surface area contributed by atoms with Crippen molar-refractivity contribution in [1.29, 1.82) is 5.26 Å². The Balaban J connectivity index is 2.40. The summed E-state index contributed by atoms with van der Waals surface area (Å²) in [5, 5.41) is 12.7. The van der Waals surface area contributed by atoms with E-state index in [0.29, 0.717) is 13.0 Å². The van der Waals surface area contributed by atoms with Crippen LogP contribution < -0.4 is 5.32 Å². The number of alkyl halides is 2. The summed E-state index contributed by atoms with van der Waals surface area (Å²) >= 11 is 0. The molecule has 1 rings (SSSR count). The van der Waals surface area contributed by atoms with Gasteiger partial charge in [0.05, 0.1) is 6.07 Å². The SMILES string of the molecule is CCCNC1(C#N)CCCC1CCOCC(F)F. The summed E-state index contributed by atoms with van der Waals surface area (Å²) in [7, 11) is 0. The van der Waals surface area contributed by atoms with Gasteiger partial charge in [0.25, 0.3) is 6.43 Å². The molecule has 0 aliphatic heterocycles. The van der Waals surface area contributed by atoms with Crippen molar-refractivity contribution in [3.8, 4) is 6.07 Å². The van der Waals surface area contributed by atoms with Crippen molar-refractivity contribution in [1.82, 2.24) is 5.32 Å². The lowest BCUT2D eigenvalue weighted by molar-refractivity contribution is 0.0111. The monoisotopic (exact) mass is 260 g/mol. The van der Waals surface area contributed by atoms with Gasteiger partial charge in [-0.25, -0.2) is 8.78 Å². The zero-order chi connectivity index (χ0) is 13.4. The third-order valence-corrected chi connectivity index (χ3v) is 3.57. The van der Waals surface area contributed by atoms with Crippen LogP contribution >= 0.6 is 0 Å². The molecule has 2 unspecified atom stereocenters. The second-order valence-electron chi connectivity index (χ2n) is 4.85. The molecule has 1 aliphatic carbocycles. The summed E-state index contributed by atoms with van der Waals surface area (Å²) in [6.45, 7) is 2.69. The second-order valence-corrected chi connectivity index (χ2v) is 4.85. The molecule has 0 aromatic carbocycles. The molecule has 0 spiro atoms. The van der Waals surface area contributed by atoms with Gasteiger partial charge >= 0.3 is 0 Å². The molecule has 0 heterocycles. The van der Waals surface area contributed by atoms with Crippen LogP contribution in [0.1, 0.15) is 39.0 Å². The Morgan fingerprint density at radius 3 is 2.94 bits per heavy atom. The molecule has 0 saturated heterocycles. The van der Waals surface area contributed by atoms with E-state index in [-0.39, 0.29) is 5.92 Å². The maximum Gasteiger partial charge on any atom is 0.261 e. The molecule has 1 saturated carbocycles. The second kappa shape index (κ2) is 7.65. The number of halogens is 2. The third kappa shape index (κ3) is 4.18. The van der Waals surface area contributed by atoms with Gasteiger partial charge in [-0.1, -0.05) is 13.3 Å². The number of rotatable bonds is 8.